The SMILES string of the molecule is CCC=N/C=C\CN1CCN(C(=S)N/C=C2/CNc3ccccc32)CC1. The summed E-state index contributed by atoms with van der Waals surface area (Å²) in [6.07, 6.45) is 8.95. The van der Waals surface area contributed by atoms with Gasteiger partial charge in [0.2, 0.25) is 0 Å². The summed E-state index contributed by atoms with van der Waals surface area (Å²) in [6, 6.07) is 8.37. The molecule has 0 radical (unpaired) electrons. The molecule has 0 saturated carbocycles. The number of nitrogens with zero attached hydrogens (tertiary/aromatic N) is 3. The molecule has 0 spiro atoms. The lowest BCUT2D eigenvalue weighted by molar-refractivity contribution is 0.197. The predicted octanol–water partition coefficient (Wildman–Crippen LogP) is 2.94. The molecule has 0 amide bonds. The van der Waals surface area contributed by atoms with Crippen molar-refractivity contribution in [3.8, 4) is 0 Å². The fraction of sp³-hybridized carbons (Fsp3) is 0.400. The molecule has 2 aliphatic rings. The van der Waals surface area contributed by atoms with E-state index in [1.54, 1.807) is 0 Å². The zero-order valence-corrected chi connectivity index (χ0v) is 16.1. The van der Waals surface area contributed by atoms with Gasteiger partial charge in [-0.15, -0.1) is 0 Å². The van der Waals surface area contributed by atoms with Crippen LogP contribution < -0.4 is 10.6 Å². The van der Waals surface area contributed by atoms with Crippen LogP contribution in [0, 0.1) is 0 Å². The van der Waals surface area contributed by atoms with Crippen LogP contribution in [0.4, 0.5) is 5.69 Å². The number of aliphatic imine (C=N–C) groups is 1. The summed E-state index contributed by atoms with van der Waals surface area (Å²) in [6.45, 7) is 7.82. The largest absolute Gasteiger partial charge is 0.380 e. The molecule has 3 rings (SSSR count). The maximum Gasteiger partial charge on any atom is 0.173 e. The van der Waals surface area contributed by atoms with E-state index in [-0.39, 0.29) is 0 Å². The Morgan fingerprint density at radius 1 is 1.27 bits per heavy atom. The molecule has 5 nitrogen and oxygen atoms in total. The summed E-state index contributed by atoms with van der Waals surface area (Å²) in [5.41, 5.74) is 3.70. The second kappa shape index (κ2) is 9.50. The Morgan fingerprint density at radius 2 is 2.08 bits per heavy atom. The van der Waals surface area contributed by atoms with E-state index >= 15 is 0 Å². The van der Waals surface area contributed by atoms with Crippen LogP contribution in [-0.4, -0.2) is 60.4 Å². The highest BCUT2D eigenvalue weighted by Crippen LogP contribution is 2.29. The summed E-state index contributed by atoms with van der Waals surface area (Å²) in [5.74, 6) is 0. The Balaban J connectivity index is 1.44. The quantitative estimate of drug-likeness (QED) is 0.617. The lowest BCUT2D eigenvalue weighted by Crippen LogP contribution is -2.50. The summed E-state index contributed by atoms with van der Waals surface area (Å²) in [5, 5.41) is 7.53. The second-order valence-electron chi connectivity index (χ2n) is 6.43. The number of hydrogen-bond acceptors (Lipinski definition) is 4. The highest BCUT2D eigenvalue weighted by Gasteiger charge is 2.18. The van der Waals surface area contributed by atoms with Gasteiger partial charge in [0.15, 0.2) is 5.11 Å². The number of piperazine rings is 1. The molecule has 1 aromatic rings. The maximum atomic E-state index is 5.58. The Hall–Kier alpha value is -2.18. The predicted molar refractivity (Wildman–Crippen MR) is 115 cm³/mol. The molecular weight excluding hydrogens is 342 g/mol. The molecule has 1 saturated heterocycles. The van der Waals surface area contributed by atoms with E-state index in [2.05, 4.69) is 62.7 Å². The van der Waals surface area contributed by atoms with E-state index in [0.29, 0.717) is 0 Å². The van der Waals surface area contributed by atoms with E-state index in [1.807, 2.05) is 18.6 Å². The Kier molecular flexibility index (Phi) is 6.80. The average Bonchev–Trinajstić information content (AvgIpc) is 3.10. The highest BCUT2D eigenvalue weighted by molar-refractivity contribution is 7.80. The van der Waals surface area contributed by atoms with Gasteiger partial charge in [-0.1, -0.05) is 31.2 Å². The van der Waals surface area contributed by atoms with E-state index in [4.69, 9.17) is 12.2 Å². The molecular formula is C20H27N5S. The minimum atomic E-state index is 0.810. The Labute approximate surface area is 161 Å². The summed E-state index contributed by atoms with van der Waals surface area (Å²) < 4.78 is 0. The average molecular weight is 370 g/mol. The smallest absolute Gasteiger partial charge is 0.173 e. The van der Waals surface area contributed by atoms with Gasteiger partial charge in [0.1, 0.15) is 0 Å². The van der Waals surface area contributed by atoms with Crippen LogP contribution in [0.25, 0.3) is 5.57 Å². The molecule has 2 aliphatic heterocycles. The number of hydrogen-bond donors (Lipinski definition) is 2. The maximum absolute atomic E-state index is 5.58. The second-order valence-corrected chi connectivity index (χ2v) is 6.82. The molecule has 26 heavy (non-hydrogen) atoms. The number of para-hydroxylation sites is 1. The van der Waals surface area contributed by atoms with Crippen molar-refractivity contribution in [2.24, 2.45) is 4.99 Å². The highest BCUT2D eigenvalue weighted by atomic mass is 32.1. The lowest BCUT2D eigenvalue weighted by atomic mass is 10.1. The van der Waals surface area contributed by atoms with Gasteiger partial charge in [-0.3, -0.25) is 9.89 Å². The van der Waals surface area contributed by atoms with Gasteiger partial charge in [-0.25, -0.2) is 0 Å². The third-order valence-electron chi connectivity index (χ3n) is 4.61. The molecule has 2 heterocycles. The molecule has 1 aromatic carbocycles. The fourth-order valence-electron chi connectivity index (χ4n) is 3.13. The number of anilines is 1. The fourth-order valence-corrected chi connectivity index (χ4v) is 3.37. The van der Waals surface area contributed by atoms with Gasteiger partial charge >= 0.3 is 0 Å². The molecule has 0 aromatic heterocycles. The minimum Gasteiger partial charge on any atom is -0.380 e. The topological polar surface area (TPSA) is 42.9 Å². The van der Waals surface area contributed by atoms with Crippen LogP contribution in [0.3, 0.4) is 0 Å². The summed E-state index contributed by atoms with van der Waals surface area (Å²) in [7, 11) is 0. The van der Waals surface area contributed by atoms with Gasteiger partial charge in [0.25, 0.3) is 0 Å². The van der Waals surface area contributed by atoms with Crippen molar-refractivity contribution in [2.75, 3.05) is 44.6 Å². The van der Waals surface area contributed by atoms with Gasteiger partial charge in [-0.2, -0.15) is 0 Å². The van der Waals surface area contributed by atoms with Gasteiger partial charge in [0.05, 0.1) is 0 Å². The number of benzene rings is 1. The molecule has 2 N–H and O–H groups in total. The minimum absolute atomic E-state index is 0.810. The molecule has 0 unspecified atom stereocenters. The first-order chi connectivity index (χ1) is 12.8. The van der Waals surface area contributed by atoms with E-state index < -0.39 is 0 Å². The van der Waals surface area contributed by atoms with Crippen LogP contribution in [0.5, 0.6) is 0 Å². The zero-order valence-electron chi connectivity index (χ0n) is 15.3. The molecule has 0 aliphatic carbocycles. The van der Waals surface area contributed by atoms with Gasteiger partial charge in [0, 0.05) is 69.1 Å². The molecule has 1 fully saturated rings. The first kappa shape index (κ1) is 18.6. The van der Waals surface area contributed by atoms with Crippen LogP contribution in [0.15, 0.2) is 47.7 Å². The number of fused-ring (bicyclic) bond motifs is 1. The van der Waals surface area contributed by atoms with Crippen molar-refractivity contribution in [2.45, 2.75) is 13.3 Å². The molecule has 6 heteroatoms. The third-order valence-corrected chi connectivity index (χ3v) is 4.99. The normalized spacial score (nSPS) is 19.3. The summed E-state index contributed by atoms with van der Waals surface area (Å²) in [4.78, 5) is 8.88. The van der Waals surface area contributed by atoms with Crippen molar-refractivity contribution < 1.29 is 0 Å². The molecule has 0 bridgehead atoms. The third kappa shape index (κ3) is 4.93. The van der Waals surface area contributed by atoms with Crippen molar-refractivity contribution in [1.82, 2.24) is 15.1 Å². The van der Waals surface area contributed by atoms with Crippen molar-refractivity contribution in [1.29, 1.82) is 0 Å². The van der Waals surface area contributed by atoms with Crippen molar-refractivity contribution >= 4 is 34.8 Å². The van der Waals surface area contributed by atoms with Gasteiger partial charge < -0.3 is 15.5 Å². The zero-order chi connectivity index (χ0) is 18.2. The van der Waals surface area contributed by atoms with Crippen LogP contribution in [-0.2, 0) is 0 Å². The van der Waals surface area contributed by atoms with Gasteiger partial charge in [-0.05, 0) is 30.3 Å². The van der Waals surface area contributed by atoms with Crippen molar-refractivity contribution in [3.63, 3.8) is 0 Å². The van der Waals surface area contributed by atoms with Crippen LogP contribution in [0.2, 0.25) is 0 Å². The monoisotopic (exact) mass is 369 g/mol. The Morgan fingerprint density at radius 3 is 2.88 bits per heavy atom. The van der Waals surface area contributed by atoms with Crippen molar-refractivity contribution in [3.05, 3.63) is 48.3 Å². The first-order valence-electron chi connectivity index (χ1n) is 9.24. The van der Waals surface area contributed by atoms with Crippen LogP contribution >= 0.6 is 12.2 Å². The lowest BCUT2D eigenvalue weighted by Gasteiger charge is -2.35. The summed E-state index contributed by atoms with van der Waals surface area (Å²) >= 11 is 5.58. The number of nitrogens with one attached hydrogen (secondary N) is 2. The molecule has 0 atom stereocenters. The Bertz CT molecular complexity index is 702. The number of thiocarbonyl (C=S) groups is 1. The van der Waals surface area contributed by atoms with E-state index in [1.165, 1.54) is 16.8 Å². The van der Waals surface area contributed by atoms with E-state index in [0.717, 1.165) is 50.8 Å². The van der Waals surface area contributed by atoms with E-state index in [9.17, 15) is 0 Å². The molecule has 138 valence electrons. The number of rotatable bonds is 5. The standard InChI is InChI=1S/C20H27N5S/c1-2-8-21-9-5-10-24-11-13-25(14-12-24)20(26)23-16-17-15-22-19-7-4-3-6-18(17)19/h3-9,16,22H,2,10-15H2,1H3,(H,23,26)/b9-5-,17-16-,21-8?. The van der Waals surface area contributed by atoms with Crippen LogP contribution in [0.1, 0.15) is 18.9 Å². The first-order valence-corrected chi connectivity index (χ1v) is 9.65.